The van der Waals surface area contributed by atoms with Crippen LogP contribution in [-0.4, -0.2) is 57.3 Å². The predicted octanol–water partition coefficient (Wildman–Crippen LogP) is 0.841. The molecule has 16 heavy (non-hydrogen) atoms. The predicted molar refractivity (Wildman–Crippen MR) is 60.4 cm³/mol. The molecule has 0 amide bonds. The second-order valence-corrected chi connectivity index (χ2v) is 4.40. The molecule has 2 heterocycles. The van der Waals surface area contributed by atoms with Gasteiger partial charge >= 0.3 is 0 Å². The Labute approximate surface area is 101 Å². The van der Waals surface area contributed by atoms with E-state index in [-0.39, 0.29) is 12.4 Å². The number of nitrogens with zero attached hydrogens (tertiary/aromatic N) is 1. The van der Waals surface area contributed by atoms with Crippen molar-refractivity contribution in [2.75, 3.05) is 45.9 Å². The fraction of sp³-hybridized carbons (Fsp3) is 1.00. The average Bonchev–Trinajstić information content (AvgIpc) is 2.71. The maximum absolute atomic E-state index is 11.8. The van der Waals surface area contributed by atoms with Crippen LogP contribution in [0, 0.1) is 11.8 Å². The van der Waals surface area contributed by atoms with Gasteiger partial charge in [0.2, 0.25) is 0 Å². The molecule has 2 aliphatic heterocycles. The zero-order valence-electron chi connectivity index (χ0n) is 9.20. The second kappa shape index (κ2) is 6.69. The van der Waals surface area contributed by atoms with Crippen molar-refractivity contribution in [3.63, 3.8) is 0 Å². The third-order valence-corrected chi connectivity index (χ3v) is 3.26. The van der Waals surface area contributed by atoms with E-state index in [9.17, 15) is 8.78 Å². The molecule has 2 saturated heterocycles. The van der Waals surface area contributed by atoms with E-state index in [2.05, 4.69) is 10.2 Å². The van der Waals surface area contributed by atoms with Crippen LogP contribution in [0.15, 0.2) is 0 Å². The average molecular weight is 257 g/mol. The number of ether oxygens (including phenoxy) is 1. The van der Waals surface area contributed by atoms with Crippen LogP contribution in [0.2, 0.25) is 0 Å². The molecular weight excluding hydrogens is 238 g/mol. The van der Waals surface area contributed by atoms with E-state index in [0.717, 1.165) is 44.6 Å². The Kier molecular flexibility index (Phi) is 5.89. The summed E-state index contributed by atoms with van der Waals surface area (Å²) < 4.78 is 28.4. The van der Waals surface area contributed by atoms with Crippen molar-refractivity contribution in [3.05, 3.63) is 0 Å². The van der Waals surface area contributed by atoms with Gasteiger partial charge in [0, 0.05) is 19.6 Å². The Bertz CT molecular complexity index is 197. The monoisotopic (exact) mass is 256 g/mol. The van der Waals surface area contributed by atoms with Crippen molar-refractivity contribution in [3.8, 4) is 0 Å². The second-order valence-electron chi connectivity index (χ2n) is 4.40. The van der Waals surface area contributed by atoms with Crippen LogP contribution in [0.1, 0.15) is 0 Å². The minimum Gasteiger partial charge on any atom is -0.374 e. The van der Waals surface area contributed by atoms with Crippen molar-refractivity contribution in [1.82, 2.24) is 10.2 Å². The first-order valence-electron chi connectivity index (χ1n) is 5.54. The lowest BCUT2D eigenvalue weighted by atomic mass is 10.0. The minimum atomic E-state index is -2.34. The number of fused-ring (bicyclic) bond motifs is 1. The number of halogens is 3. The van der Waals surface area contributed by atoms with Gasteiger partial charge in [0.05, 0.1) is 6.61 Å². The SMILES string of the molecule is Cl.FC(F)COCCN1C[C@H]2CNC[C@H]2C1. The molecule has 1 N–H and O–H groups in total. The highest BCUT2D eigenvalue weighted by Crippen LogP contribution is 2.25. The van der Waals surface area contributed by atoms with Crippen LogP contribution in [0.3, 0.4) is 0 Å². The summed E-state index contributed by atoms with van der Waals surface area (Å²) in [6, 6.07) is 0. The van der Waals surface area contributed by atoms with Crippen molar-refractivity contribution in [2.45, 2.75) is 6.43 Å². The van der Waals surface area contributed by atoms with Gasteiger partial charge in [0.1, 0.15) is 6.61 Å². The Morgan fingerprint density at radius 1 is 1.25 bits per heavy atom. The third kappa shape index (κ3) is 3.80. The fourth-order valence-electron chi connectivity index (χ4n) is 2.50. The highest BCUT2D eigenvalue weighted by atomic mass is 35.5. The van der Waals surface area contributed by atoms with Crippen LogP contribution in [0.5, 0.6) is 0 Å². The number of hydrogen-bond donors (Lipinski definition) is 1. The lowest BCUT2D eigenvalue weighted by molar-refractivity contribution is 0.0110. The summed E-state index contributed by atoms with van der Waals surface area (Å²) in [5, 5.41) is 3.37. The molecule has 96 valence electrons. The summed E-state index contributed by atoms with van der Waals surface area (Å²) in [6.07, 6.45) is -2.34. The Morgan fingerprint density at radius 2 is 1.88 bits per heavy atom. The Morgan fingerprint density at radius 3 is 2.44 bits per heavy atom. The van der Waals surface area contributed by atoms with Gasteiger partial charge in [0.25, 0.3) is 6.43 Å². The summed E-state index contributed by atoms with van der Waals surface area (Å²) in [5.74, 6) is 1.53. The maximum atomic E-state index is 11.8. The topological polar surface area (TPSA) is 24.5 Å². The Hall–Kier alpha value is 0.0300. The first-order chi connectivity index (χ1) is 7.25. The zero-order chi connectivity index (χ0) is 10.7. The maximum Gasteiger partial charge on any atom is 0.261 e. The van der Waals surface area contributed by atoms with E-state index >= 15 is 0 Å². The normalized spacial score (nSPS) is 29.4. The first-order valence-corrected chi connectivity index (χ1v) is 5.54. The molecule has 0 aromatic carbocycles. The van der Waals surface area contributed by atoms with Gasteiger partial charge < -0.3 is 15.0 Å². The van der Waals surface area contributed by atoms with Crippen molar-refractivity contribution < 1.29 is 13.5 Å². The van der Waals surface area contributed by atoms with Crippen LogP contribution in [-0.2, 0) is 4.74 Å². The van der Waals surface area contributed by atoms with Crippen LogP contribution in [0.25, 0.3) is 0 Å². The third-order valence-electron chi connectivity index (χ3n) is 3.26. The summed E-state index contributed by atoms with van der Waals surface area (Å²) in [4.78, 5) is 2.32. The fourth-order valence-corrected chi connectivity index (χ4v) is 2.50. The summed E-state index contributed by atoms with van der Waals surface area (Å²) in [5.41, 5.74) is 0. The van der Waals surface area contributed by atoms with Crippen molar-refractivity contribution >= 4 is 12.4 Å². The molecule has 2 atom stereocenters. The van der Waals surface area contributed by atoms with Gasteiger partial charge in [-0.2, -0.15) is 0 Å². The van der Waals surface area contributed by atoms with Crippen molar-refractivity contribution in [2.24, 2.45) is 11.8 Å². The standard InChI is InChI=1S/C10H18F2N2O.ClH/c11-10(12)7-15-2-1-14-5-8-3-13-4-9(8)6-14;/h8-10,13H,1-7H2;1H/t8-,9+;. The molecule has 0 aliphatic carbocycles. The lowest BCUT2D eigenvalue weighted by Crippen LogP contribution is -2.29. The number of alkyl halides is 2. The molecular formula is C10H19ClF2N2O. The first kappa shape index (κ1) is 14.1. The smallest absolute Gasteiger partial charge is 0.261 e. The van der Waals surface area contributed by atoms with Crippen molar-refractivity contribution in [1.29, 1.82) is 0 Å². The quantitative estimate of drug-likeness (QED) is 0.738. The number of hydrogen-bond acceptors (Lipinski definition) is 3. The molecule has 2 aliphatic rings. The Balaban J connectivity index is 0.00000128. The van der Waals surface area contributed by atoms with E-state index in [1.165, 1.54) is 0 Å². The number of likely N-dealkylation sites (tertiary alicyclic amines) is 1. The minimum absolute atomic E-state index is 0. The van der Waals surface area contributed by atoms with E-state index in [4.69, 9.17) is 4.74 Å². The lowest BCUT2D eigenvalue weighted by Gasteiger charge is -2.16. The molecule has 0 aromatic heterocycles. The molecule has 0 unspecified atom stereocenters. The summed E-state index contributed by atoms with van der Waals surface area (Å²) >= 11 is 0. The highest BCUT2D eigenvalue weighted by Gasteiger charge is 2.35. The van der Waals surface area contributed by atoms with Gasteiger partial charge in [-0.05, 0) is 24.9 Å². The van der Waals surface area contributed by atoms with E-state index < -0.39 is 13.0 Å². The van der Waals surface area contributed by atoms with E-state index in [1.807, 2.05) is 0 Å². The van der Waals surface area contributed by atoms with Gasteiger partial charge in [0.15, 0.2) is 0 Å². The highest BCUT2D eigenvalue weighted by molar-refractivity contribution is 5.85. The van der Waals surface area contributed by atoms with E-state index in [0.29, 0.717) is 6.61 Å². The van der Waals surface area contributed by atoms with E-state index in [1.54, 1.807) is 0 Å². The van der Waals surface area contributed by atoms with Gasteiger partial charge in [-0.25, -0.2) is 8.78 Å². The van der Waals surface area contributed by atoms with Gasteiger partial charge in [-0.15, -0.1) is 12.4 Å². The number of rotatable bonds is 5. The van der Waals surface area contributed by atoms with Gasteiger partial charge in [-0.1, -0.05) is 0 Å². The van der Waals surface area contributed by atoms with Gasteiger partial charge in [-0.3, -0.25) is 0 Å². The van der Waals surface area contributed by atoms with Crippen LogP contribution < -0.4 is 5.32 Å². The summed E-state index contributed by atoms with van der Waals surface area (Å²) in [7, 11) is 0. The molecule has 0 bridgehead atoms. The zero-order valence-corrected chi connectivity index (χ0v) is 10.0. The molecule has 6 heteroatoms. The largest absolute Gasteiger partial charge is 0.374 e. The van der Waals surface area contributed by atoms with Crippen LogP contribution >= 0.6 is 12.4 Å². The molecule has 2 rings (SSSR count). The summed E-state index contributed by atoms with van der Waals surface area (Å²) in [6.45, 7) is 5.20. The molecule has 2 fully saturated rings. The molecule has 0 radical (unpaired) electrons. The van der Waals surface area contributed by atoms with Crippen LogP contribution in [0.4, 0.5) is 8.78 Å². The number of nitrogens with one attached hydrogen (secondary N) is 1. The molecule has 3 nitrogen and oxygen atoms in total. The molecule has 0 spiro atoms. The molecule has 0 aromatic rings. The molecule has 0 saturated carbocycles.